The first kappa shape index (κ1) is 25.1. The van der Waals surface area contributed by atoms with Crippen LogP contribution in [0.4, 0.5) is 5.69 Å². The molecule has 4 saturated heterocycles. The third-order valence-corrected chi connectivity index (χ3v) is 11.4. The fourth-order valence-corrected chi connectivity index (χ4v) is 8.86. The van der Waals surface area contributed by atoms with E-state index in [9.17, 15) is 13.2 Å². The van der Waals surface area contributed by atoms with Crippen molar-refractivity contribution in [3.05, 3.63) is 48.5 Å². The Bertz CT molecular complexity index is 1500. The van der Waals surface area contributed by atoms with Gasteiger partial charge in [-0.3, -0.25) is 4.79 Å². The van der Waals surface area contributed by atoms with Crippen molar-refractivity contribution in [1.82, 2.24) is 19.1 Å². The maximum atomic E-state index is 13.9. The van der Waals surface area contributed by atoms with E-state index in [1.54, 1.807) is 6.07 Å². The Hall–Kier alpha value is -2.88. The Kier molecular flexibility index (Phi) is 6.02. The number of carbonyl (C=O) groups excluding carboxylic acids is 1. The second-order valence-electron chi connectivity index (χ2n) is 12.1. The molecule has 1 aromatic heterocycles. The van der Waals surface area contributed by atoms with Gasteiger partial charge in [0.25, 0.3) is 0 Å². The molecule has 2 atom stereocenters. The van der Waals surface area contributed by atoms with Crippen molar-refractivity contribution in [3.8, 4) is 11.3 Å². The number of sulfonamides is 1. The van der Waals surface area contributed by atoms with Gasteiger partial charge in [-0.2, -0.15) is 4.31 Å². The molecule has 4 aliphatic heterocycles. The van der Waals surface area contributed by atoms with Crippen molar-refractivity contribution in [3.63, 3.8) is 0 Å². The first-order valence-electron chi connectivity index (χ1n) is 14.3. The Balaban J connectivity index is 1.18. The Morgan fingerprint density at radius 2 is 1.74 bits per heavy atom. The number of carbonyl (C=O) groups is 1. The molecule has 39 heavy (non-hydrogen) atoms. The molecule has 1 N–H and O–H groups in total. The summed E-state index contributed by atoms with van der Waals surface area (Å²) >= 11 is 0. The fourth-order valence-electron chi connectivity index (χ4n) is 7.20. The monoisotopic (exact) mass is 547 g/mol. The van der Waals surface area contributed by atoms with E-state index in [0.717, 1.165) is 92.8 Å². The van der Waals surface area contributed by atoms with Gasteiger partial charge in [0.2, 0.25) is 15.9 Å². The number of nitrogens with one attached hydrogen (secondary N) is 1. The topological polar surface area (TPSA) is 80.0 Å². The number of H-pyrrole nitrogens is 1. The molecule has 1 unspecified atom stereocenters. The molecule has 0 aliphatic carbocycles. The van der Waals surface area contributed by atoms with Gasteiger partial charge in [0.1, 0.15) is 6.04 Å². The van der Waals surface area contributed by atoms with E-state index in [-0.39, 0.29) is 16.2 Å². The molecule has 0 bridgehead atoms. The number of fused-ring (bicyclic) bond motifs is 1. The second kappa shape index (κ2) is 9.35. The number of benzene rings is 2. The molecule has 2 aromatic carbocycles. The van der Waals surface area contributed by atoms with Crippen LogP contribution in [-0.2, 0) is 14.8 Å². The van der Waals surface area contributed by atoms with Crippen LogP contribution in [0.3, 0.4) is 0 Å². The van der Waals surface area contributed by atoms with Crippen molar-refractivity contribution >= 4 is 32.5 Å². The van der Waals surface area contributed by atoms with Crippen LogP contribution in [0.15, 0.2) is 53.4 Å². The van der Waals surface area contributed by atoms with Crippen molar-refractivity contribution in [2.45, 2.75) is 43.0 Å². The number of para-hydroxylation sites is 1. The zero-order valence-corrected chi connectivity index (χ0v) is 23.4. The van der Waals surface area contributed by atoms with Crippen molar-refractivity contribution in [1.29, 1.82) is 0 Å². The SMILES string of the molecule is CN1CCC2(CCN(C(=O)[C@@H]3CCN3S(=O)(=O)c3ccc(N4CCCC4)c(-c4cc5ccccc5[nH]4)c3)C2)C1. The number of likely N-dealkylation sites (tertiary alicyclic amines) is 2. The first-order valence-corrected chi connectivity index (χ1v) is 15.7. The number of anilines is 1. The highest BCUT2D eigenvalue weighted by Gasteiger charge is 2.49. The van der Waals surface area contributed by atoms with Crippen molar-refractivity contribution in [2.75, 3.05) is 57.8 Å². The van der Waals surface area contributed by atoms with Gasteiger partial charge in [-0.05, 0) is 76.0 Å². The smallest absolute Gasteiger partial charge is 0.243 e. The molecule has 0 radical (unpaired) electrons. The predicted octanol–water partition coefficient (Wildman–Crippen LogP) is 3.75. The predicted molar refractivity (Wildman–Crippen MR) is 153 cm³/mol. The minimum atomic E-state index is -3.82. The lowest BCUT2D eigenvalue weighted by atomic mass is 9.86. The van der Waals surface area contributed by atoms with E-state index in [1.807, 2.05) is 35.2 Å². The highest BCUT2D eigenvalue weighted by molar-refractivity contribution is 7.89. The van der Waals surface area contributed by atoms with Gasteiger partial charge >= 0.3 is 0 Å². The minimum absolute atomic E-state index is 0.0271. The third-order valence-electron chi connectivity index (χ3n) is 9.48. The van der Waals surface area contributed by atoms with Crippen molar-refractivity contribution in [2.24, 2.45) is 5.41 Å². The number of hydrogen-bond acceptors (Lipinski definition) is 5. The quantitative estimate of drug-likeness (QED) is 0.526. The van der Waals surface area contributed by atoms with E-state index in [1.165, 1.54) is 4.31 Å². The number of rotatable bonds is 5. The highest BCUT2D eigenvalue weighted by atomic mass is 32.2. The van der Waals surface area contributed by atoms with E-state index in [4.69, 9.17) is 0 Å². The molecular formula is C30H37N5O3S. The lowest BCUT2D eigenvalue weighted by molar-refractivity contribution is -0.137. The summed E-state index contributed by atoms with van der Waals surface area (Å²) in [5.41, 5.74) is 4.06. The zero-order chi connectivity index (χ0) is 26.8. The molecule has 4 fully saturated rings. The van der Waals surface area contributed by atoms with Gasteiger partial charge in [0, 0.05) is 72.5 Å². The molecule has 0 saturated carbocycles. The molecular weight excluding hydrogens is 510 g/mol. The maximum absolute atomic E-state index is 13.9. The summed E-state index contributed by atoms with van der Waals surface area (Å²) in [4.78, 5) is 23.9. The van der Waals surface area contributed by atoms with Gasteiger partial charge in [0.05, 0.1) is 4.90 Å². The van der Waals surface area contributed by atoms with Crippen LogP contribution < -0.4 is 4.90 Å². The van der Waals surface area contributed by atoms with Crippen LogP contribution in [0.5, 0.6) is 0 Å². The van der Waals surface area contributed by atoms with Crippen LogP contribution in [0, 0.1) is 5.41 Å². The molecule has 7 rings (SSSR count). The van der Waals surface area contributed by atoms with Gasteiger partial charge in [-0.15, -0.1) is 0 Å². The Morgan fingerprint density at radius 3 is 2.46 bits per heavy atom. The Labute approximate surface area is 230 Å². The third kappa shape index (κ3) is 4.26. The zero-order valence-electron chi connectivity index (χ0n) is 22.6. The second-order valence-corrected chi connectivity index (χ2v) is 14.0. The minimum Gasteiger partial charge on any atom is -0.371 e. The summed E-state index contributed by atoms with van der Waals surface area (Å²) in [7, 11) is -1.68. The van der Waals surface area contributed by atoms with Gasteiger partial charge < -0.3 is 19.7 Å². The standard InChI is InChI=1S/C30H37N5O3S/c1-32-16-11-30(20-32)12-17-34(21-30)29(36)28-10-15-35(28)39(37,38)23-8-9-27(33-13-4-5-14-33)24(19-23)26-18-22-6-2-3-7-25(22)31-26/h2-3,6-9,18-19,28,31H,4-5,10-17,20-21H2,1H3/t28-,30?/m0/s1. The molecule has 9 heteroatoms. The van der Waals surface area contributed by atoms with Gasteiger partial charge in [0.15, 0.2) is 0 Å². The Morgan fingerprint density at radius 1 is 0.949 bits per heavy atom. The van der Waals surface area contributed by atoms with Gasteiger partial charge in [-0.25, -0.2) is 8.42 Å². The summed E-state index contributed by atoms with van der Waals surface area (Å²) in [5, 5.41) is 1.10. The lowest BCUT2D eigenvalue weighted by Crippen LogP contribution is -2.58. The number of amides is 1. The van der Waals surface area contributed by atoms with E-state index < -0.39 is 16.1 Å². The first-order chi connectivity index (χ1) is 18.8. The number of aromatic nitrogens is 1. The van der Waals surface area contributed by atoms with Crippen LogP contribution in [0.25, 0.3) is 22.2 Å². The fraction of sp³-hybridized carbons (Fsp3) is 0.500. The van der Waals surface area contributed by atoms with Gasteiger partial charge in [-0.1, -0.05) is 18.2 Å². The van der Waals surface area contributed by atoms with E-state index >= 15 is 0 Å². The number of hydrogen-bond donors (Lipinski definition) is 1. The molecule has 3 aromatic rings. The normalized spacial score (nSPS) is 26.2. The summed E-state index contributed by atoms with van der Waals surface area (Å²) in [6.45, 7) is 5.88. The number of aromatic amines is 1. The molecule has 206 valence electrons. The molecule has 5 heterocycles. The maximum Gasteiger partial charge on any atom is 0.243 e. The summed E-state index contributed by atoms with van der Waals surface area (Å²) in [6, 6.07) is 15.1. The van der Waals surface area contributed by atoms with E-state index in [0.29, 0.717) is 13.0 Å². The molecule has 1 amide bonds. The largest absolute Gasteiger partial charge is 0.371 e. The van der Waals surface area contributed by atoms with Crippen LogP contribution >= 0.6 is 0 Å². The molecule has 8 nitrogen and oxygen atoms in total. The summed E-state index contributed by atoms with van der Waals surface area (Å²) < 4.78 is 29.3. The molecule has 4 aliphatic rings. The average molecular weight is 548 g/mol. The van der Waals surface area contributed by atoms with Crippen LogP contribution in [0.2, 0.25) is 0 Å². The summed E-state index contributed by atoms with van der Waals surface area (Å²) in [6.07, 6.45) is 4.98. The highest BCUT2D eigenvalue weighted by Crippen LogP contribution is 2.41. The van der Waals surface area contributed by atoms with E-state index in [2.05, 4.69) is 34.0 Å². The van der Waals surface area contributed by atoms with Crippen LogP contribution in [0.1, 0.15) is 32.1 Å². The van der Waals surface area contributed by atoms with Crippen LogP contribution in [-0.4, -0.2) is 92.3 Å². The average Bonchev–Trinajstić information content (AvgIpc) is 3.70. The number of nitrogens with zero attached hydrogens (tertiary/aromatic N) is 4. The van der Waals surface area contributed by atoms with Crippen molar-refractivity contribution < 1.29 is 13.2 Å². The summed E-state index contributed by atoms with van der Waals surface area (Å²) in [5.74, 6) is -0.0271. The molecule has 1 spiro atoms. The lowest BCUT2D eigenvalue weighted by Gasteiger charge is -2.40.